The zero-order valence-electron chi connectivity index (χ0n) is 7.14. The van der Waals surface area contributed by atoms with E-state index < -0.39 is 0 Å². The van der Waals surface area contributed by atoms with Crippen LogP contribution in [0.1, 0.15) is 32.1 Å². The zero-order valence-corrected chi connectivity index (χ0v) is 7.95. The van der Waals surface area contributed by atoms with Gasteiger partial charge >= 0.3 is 0 Å². The number of hydrogen-bond donors (Lipinski definition) is 1. The van der Waals surface area contributed by atoms with E-state index in [9.17, 15) is 4.79 Å². The Kier molecular flexibility index (Phi) is 7.79. The summed E-state index contributed by atoms with van der Waals surface area (Å²) < 4.78 is 0. The normalized spacial score (nSPS) is 9.91. The number of carbonyl (C=O) groups excluding carboxylic acids is 1. The molecule has 0 rings (SSSR count). The zero-order chi connectivity index (χ0) is 8.53. The lowest BCUT2D eigenvalue weighted by atomic mass is 10.1. The molecule has 0 aromatic heterocycles. The minimum Gasteiger partial charge on any atom is -0.370 e. The van der Waals surface area contributed by atoms with Crippen LogP contribution in [0.25, 0.3) is 0 Å². The van der Waals surface area contributed by atoms with Crippen molar-refractivity contribution in [3.63, 3.8) is 0 Å². The summed E-state index contributed by atoms with van der Waals surface area (Å²) in [5.41, 5.74) is 4.99. The number of carbonyl (C=O) groups is 1. The average molecular weight is 175 g/mol. The van der Waals surface area contributed by atoms with Crippen molar-refractivity contribution in [2.24, 2.45) is 5.73 Å². The Bertz CT molecular complexity index is 106. The van der Waals surface area contributed by atoms with Gasteiger partial charge in [0.05, 0.1) is 0 Å². The number of thioether (sulfide) groups is 1. The molecule has 2 N–H and O–H groups in total. The molecule has 0 fully saturated rings. The van der Waals surface area contributed by atoms with Gasteiger partial charge in [-0.15, -0.1) is 0 Å². The van der Waals surface area contributed by atoms with Gasteiger partial charge in [0.2, 0.25) is 5.91 Å². The van der Waals surface area contributed by atoms with Gasteiger partial charge in [0, 0.05) is 6.42 Å². The fourth-order valence-corrected chi connectivity index (χ4v) is 1.39. The van der Waals surface area contributed by atoms with E-state index in [2.05, 4.69) is 6.26 Å². The Labute approximate surface area is 72.9 Å². The van der Waals surface area contributed by atoms with Gasteiger partial charge in [0.25, 0.3) is 0 Å². The molecule has 3 heteroatoms. The molecule has 0 saturated carbocycles. The van der Waals surface area contributed by atoms with E-state index in [4.69, 9.17) is 5.73 Å². The van der Waals surface area contributed by atoms with E-state index in [-0.39, 0.29) is 5.91 Å². The molecule has 2 nitrogen and oxygen atoms in total. The summed E-state index contributed by atoms with van der Waals surface area (Å²) in [6.07, 6.45) is 7.27. The average Bonchev–Trinajstić information content (AvgIpc) is 1.96. The molecule has 11 heavy (non-hydrogen) atoms. The van der Waals surface area contributed by atoms with Crippen LogP contribution in [-0.2, 0) is 4.79 Å². The molecule has 0 aliphatic rings. The van der Waals surface area contributed by atoms with Crippen LogP contribution < -0.4 is 5.73 Å². The van der Waals surface area contributed by atoms with Gasteiger partial charge in [-0.3, -0.25) is 4.79 Å². The molecule has 0 saturated heterocycles. The monoisotopic (exact) mass is 175 g/mol. The van der Waals surface area contributed by atoms with Gasteiger partial charge in [-0.2, -0.15) is 11.8 Å². The predicted molar refractivity (Wildman–Crippen MR) is 50.7 cm³/mol. The van der Waals surface area contributed by atoms with Gasteiger partial charge in [0.15, 0.2) is 0 Å². The maximum atomic E-state index is 10.3. The highest BCUT2D eigenvalue weighted by atomic mass is 32.2. The van der Waals surface area contributed by atoms with E-state index in [1.807, 2.05) is 11.8 Å². The lowest BCUT2D eigenvalue weighted by Crippen LogP contribution is -2.09. The molecule has 1 amide bonds. The van der Waals surface area contributed by atoms with Crippen LogP contribution in [0.2, 0.25) is 0 Å². The quantitative estimate of drug-likeness (QED) is 0.599. The number of amides is 1. The lowest BCUT2D eigenvalue weighted by Gasteiger charge is -1.97. The van der Waals surface area contributed by atoms with Crippen LogP contribution in [0.15, 0.2) is 0 Å². The van der Waals surface area contributed by atoms with Crippen LogP contribution in [-0.4, -0.2) is 17.9 Å². The summed E-state index contributed by atoms with van der Waals surface area (Å²) >= 11 is 1.87. The number of unbranched alkanes of at least 4 members (excludes halogenated alkanes) is 3. The van der Waals surface area contributed by atoms with Crippen LogP contribution in [0.3, 0.4) is 0 Å². The molecule has 0 atom stereocenters. The van der Waals surface area contributed by atoms with Crippen LogP contribution in [0, 0.1) is 0 Å². The first-order valence-corrected chi connectivity index (χ1v) is 5.44. The molecule has 0 aromatic rings. The molecule has 66 valence electrons. The Morgan fingerprint density at radius 1 is 1.27 bits per heavy atom. The molecule has 0 spiro atoms. The lowest BCUT2D eigenvalue weighted by molar-refractivity contribution is -0.118. The molecule has 0 unspecified atom stereocenters. The first-order chi connectivity index (χ1) is 5.27. The Balaban J connectivity index is 2.85. The van der Waals surface area contributed by atoms with E-state index in [0.29, 0.717) is 6.42 Å². The van der Waals surface area contributed by atoms with Gasteiger partial charge in [-0.1, -0.05) is 12.8 Å². The largest absolute Gasteiger partial charge is 0.370 e. The summed E-state index contributed by atoms with van der Waals surface area (Å²) in [6, 6.07) is 0. The van der Waals surface area contributed by atoms with Crippen molar-refractivity contribution in [3.8, 4) is 0 Å². The standard InChI is InChI=1S/C8H17NOS/c1-11-7-5-3-2-4-6-8(9)10/h2-7H2,1H3,(H2,9,10). The summed E-state index contributed by atoms with van der Waals surface area (Å²) in [7, 11) is 0. The van der Waals surface area contributed by atoms with E-state index in [0.717, 1.165) is 12.8 Å². The van der Waals surface area contributed by atoms with Gasteiger partial charge in [-0.25, -0.2) is 0 Å². The van der Waals surface area contributed by atoms with Gasteiger partial charge in [-0.05, 0) is 24.9 Å². The number of primary amides is 1. The van der Waals surface area contributed by atoms with Crippen LogP contribution in [0.5, 0.6) is 0 Å². The van der Waals surface area contributed by atoms with Crippen molar-refractivity contribution in [3.05, 3.63) is 0 Å². The molecular formula is C8H17NOS. The molecule has 0 radical (unpaired) electrons. The molecule has 0 bridgehead atoms. The first-order valence-electron chi connectivity index (χ1n) is 4.04. The van der Waals surface area contributed by atoms with Crippen LogP contribution in [0.4, 0.5) is 0 Å². The van der Waals surface area contributed by atoms with Crippen molar-refractivity contribution >= 4 is 17.7 Å². The second-order valence-corrected chi connectivity index (χ2v) is 3.61. The third kappa shape index (κ3) is 9.82. The minimum absolute atomic E-state index is 0.171. The Hall–Kier alpha value is -0.180. The van der Waals surface area contributed by atoms with E-state index in [1.165, 1.54) is 18.6 Å². The molecular weight excluding hydrogens is 158 g/mol. The van der Waals surface area contributed by atoms with E-state index >= 15 is 0 Å². The Morgan fingerprint density at radius 2 is 1.91 bits per heavy atom. The van der Waals surface area contributed by atoms with Crippen molar-refractivity contribution < 1.29 is 4.79 Å². The maximum Gasteiger partial charge on any atom is 0.217 e. The fourth-order valence-electron chi connectivity index (χ4n) is 0.899. The molecule has 0 heterocycles. The minimum atomic E-state index is -0.171. The molecule has 0 aromatic carbocycles. The second-order valence-electron chi connectivity index (χ2n) is 2.62. The smallest absolute Gasteiger partial charge is 0.217 e. The van der Waals surface area contributed by atoms with Gasteiger partial charge < -0.3 is 5.73 Å². The molecule has 0 aliphatic heterocycles. The third-order valence-electron chi connectivity index (χ3n) is 1.52. The van der Waals surface area contributed by atoms with Crippen molar-refractivity contribution in [2.45, 2.75) is 32.1 Å². The van der Waals surface area contributed by atoms with Crippen LogP contribution >= 0.6 is 11.8 Å². The molecule has 0 aliphatic carbocycles. The number of rotatable bonds is 7. The van der Waals surface area contributed by atoms with Crippen molar-refractivity contribution in [1.29, 1.82) is 0 Å². The summed E-state index contributed by atoms with van der Waals surface area (Å²) in [5, 5.41) is 0. The summed E-state index contributed by atoms with van der Waals surface area (Å²) in [6.45, 7) is 0. The third-order valence-corrected chi connectivity index (χ3v) is 2.22. The highest BCUT2D eigenvalue weighted by molar-refractivity contribution is 7.98. The Morgan fingerprint density at radius 3 is 2.45 bits per heavy atom. The highest BCUT2D eigenvalue weighted by Gasteiger charge is 1.93. The summed E-state index contributed by atoms with van der Waals surface area (Å²) in [4.78, 5) is 10.3. The first kappa shape index (κ1) is 10.8. The van der Waals surface area contributed by atoms with Crippen molar-refractivity contribution in [2.75, 3.05) is 12.0 Å². The number of nitrogens with two attached hydrogens (primary N) is 1. The summed E-state index contributed by atoms with van der Waals surface area (Å²) in [5.74, 6) is 1.06. The SMILES string of the molecule is CSCCCCCCC(N)=O. The topological polar surface area (TPSA) is 43.1 Å². The predicted octanol–water partition coefficient (Wildman–Crippen LogP) is 1.79. The highest BCUT2D eigenvalue weighted by Crippen LogP contribution is 2.05. The van der Waals surface area contributed by atoms with Crippen molar-refractivity contribution in [1.82, 2.24) is 0 Å². The van der Waals surface area contributed by atoms with E-state index in [1.54, 1.807) is 0 Å². The second kappa shape index (κ2) is 7.92. The maximum absolute atomic E-state index is 10.3. The fraction of sp³-hybridized carbons (Fsp3) is 0.875. The number of hydrogen-bond acceptors (Lipinski definition) is 2. The van der Waals surface area contributed by atoms with Gasteiger partial charge in [0.1, 0.15) is 0 Å².